The molecular weight excluding hydrogens is 386 g/mol. The van der Waals surface area contributed by atoms with E-state index in [0.717, 1.165) is 11.1 Å². The number of aromatic nitrogens is 4. The number of amides is 1. The molecule has 2 heterocycles. The zero-order valence-electron chi connectivity index (χ0n) is 16.1. The topological polar surface area (TPSA) is 144 Å². The molecule has 0 aliphatic rings. The second-order valence-electron chi connectivity index (χ2n) is 6.88. The summed E-state index contributed by atoms with van der Waals surface area (Å²) < 4.78 is 1.35. The molecule has 0 aliphatic carbocycles. The number of nitrogens with zero attached hydrogens (tertiary/aromatic N) is 3. The quantitative estimate of drug-likeness (QED) is 0.476. The standard InChI is InChI=1S/C21H17N5O4/c1-10-3-8-14(9-11(10)2)26-19-16(24-21(26)30)15(17(22)27)23-18(25-19)12-4-6-13(7-5-12)20(28)29/h3-9H,1-2H3,(H2,22,27)(H,24,30)(H,28,29). The summed E-state index contributed by atoms with van der Waals surface area (Å²) in [6, 6.07) is 11.4. The molecule has 0 radical (unpaired) electrons. The number of benzene rings is 2. The highest BCUT2D eigenvalue weighted by molar-refractivity contribution is 6.02. The Morgan fingerprint density at radius 3 is 2.33 bits per heavy atom. The van der Waals surface area contributed by atoms with E-state index in [-0.39, 0.29) is 28.2 Å². The van der Waals surface area contributed by atoms with Gasteiger partial charge in [-0.1, -0.05) is 18.2 Å². The summed E-state index contributed by atoms with van der Waals surface area (Å²) in [5.74, 6) is -1.74. The maximum Gasteiger partial charge on any atom is 0.335 e. The highest BCUT2D eigenvalue weighted by Gasteiger charge is 2.20. The van der Waals surface area contributed by atoms with Crippen LogP contribution in [0.3, 0.4) is 0 Å². The number of hydrogen-bond donors (Lipinski definition) is 3. The van der Waals surface area contributed by atoms with Crippen LogP contribution in [0.25, 0.3) is 28.2 Å². The number of rotatable bonds is 4. The van der Waals surface area contributed by atoms with E-state index in [4.69, 9.17) is 10.8 Å². The molecule has 0 atom stereocenters. The third kappa shape index (κ3) is 3.12. The van der Waals surface area contributed by atoms with Crippen molar-refractivity contribution >= 4 is 23.0 Å². The van der Waals surface area contributed by atoms with Gasteiger partial charge in [0.2, 0.25) is 0 Å². The molecule has 0 spiro atoms. The Hall–Kier alpha value is -4.27. The largest absolute Gasteiger partial charge is 0.478 e. The minimum Gasteiger partial charge on any atom is -0.478 e. The zero-order chi connectivity index (χ0) is 21.6. The van der Waals surface area contributed by atoms with Crippen LogP contribution >= 0.6 is 0 Å². The zero-order valence-corrected chi connectivity index (χ0v) is 16.1. The SMILES string of the molecule is Cc1ccc(-n2c(=O)[nH]c3c(C(N)=O)nc(-c4ccc(C(=O)O)cc4)nc32)cc1C. The lowest BCUT2D eigenvalue weighted by Gasteiger charge is -2.08. The van der Waals surface area contributed by atoms with E-state index in [1.165, 1.54) is 28.8 Å². The van der Waals surface area contributed by atoms with Crippen LogP contribution in [0.5, 0.6) is 0 Å². The molecule has 0 bridgehead atoms. The summed E-state index contributed by atoms with van der Waals surface area (Å²) in [5, 5.41) is 9.08. The number of carbonyl (C=O) groups excluding carboxylic acids is 1. The fourth-order valence-electron chi connectivity index (χ4n) is 3.16. The van der Waals surface area contributed by atoms with E-state index in [9.17, 15) is 14.4 Å². The van der Waals surface area contributed by atoms with Gasteiger partial charge in [0, 0.05) is 5.56 Å². The maximum absolute atomic E-state index is 12.7. The van der Waals surface area contributed by atoms with Gasteiger partial charge in [0.1, 0.15) is 5.52 Å². The summed E-state index contributed by atoms with van der Waals surface area (Å²) in [7, 11) is 0. The van der Waals surface area contributed by atoms with Gasteiger partial charge in [-0.15, -0.1) is 0 Å². The van der Waals surface area contributed by atoms with Crippen LogP contribution in [-0.2, 0) is 0 Å². The molecule has 4 N–H and O–H groups in total. The van der Waals surface area contributed by atoms with Crippen molar-refractivity contribution in [2.24, 2.45) is 5.73 Å². The van der Waals surface area contributed by atoms with Crippen LogP contribution in [0, 0.1) is 13.8 Å². The van der Waals surface area contributed by atoms with Crippen molar-refractivity contribution in [2.75, 3.05) is 0 Å². The van der Waals surface area contributed by atoms with Gasteiger partial charge in [-0.3, -0.25) is 4.79 Å². The lowest BCUT2D eigenvalue weighted by Crippen LogP contribution is -2.15. The number of aromatic amines is 1. The predicted octanol–water partition coefficient (Wildman–Crippen LogP) is 2.19. The Morgan fingerprint density at radius 1 is 1.03 bits per heavy atom. The van der Waals surface area contributed by atoms with E-state index >= 15 is 0 Å². The number of nitrogens with two attached hydrogens (primary N) is 1. The first kappa shape index (κ1) is 19.1. The van der Waals surface area contributed by atoms with E-state index in [0.29, 0.717) is 11.3 Å². The van der Waals surface area contributed by atoms with Crippen molar-refractivity contribution < 1.29 is 14.7 Å². The highest BCUT2D eigenvalue weighted by Crippen LogP contribution is 2.23. The third-order valence-electron chi connectivity index (χ3n) is 4.91. The van der Waals surface area contributed by atoms with Crippen molar-refractivity contribution in [1.82, 2.24) is 19.5 Å². The molecule has 4 rings (SSSR count). The molecule has 2 aromatic carbocycles. The van der Waals surface area contributed by atoms with Crippen LogP contribution in [0.4, 0.5) is 0 Å². The molecule has 30 heavy (non-hydrogen) atoms. The number of aryl methyl sites for hydroxylation is 2. The number of hydrogen-bond acceptors (Lipinski definition) is 5. The number of carbonyl (C=O) groups is 2. The average Bonchev–Trinajstić information content (AvgIpc) is 3.05. The van der Waals surface area contributed by atoms with Crippen LogP contribution in [0.2, 0.25) is 0 Å². The van der Waals surface area contributed by atoms with E-state index in [1.54, 1.807) is 6.07 Å². The molecule has 0 aliphatic heterocycles. The number of carboxylic acid groups (broad SMARTS) is 1. The van der Waals surface area contributed by atoms with Crippen LogP contribution < -0.4 is 11.4 Å². The van der Waals surface area contributed by atoms with Crippen LogP contribution in [0.1, 0.15) is 32.0 Å². The van der Waals surface area contributed by atoms with Crippen molar-refractivity contribution in [1.29, 1.82) is 0 Å². The number of nitrogens with one attached hydrogen (secondary N) is 1. The molecular formula is C21H17N5O4. The Morgan fingerprint density at radius 2 is 1.73 bits per heavy atom. The Kier molecular flexibility index (Phi) is 4.42. The summed E-state index contributed by atoms with van der Waals surface area (Å²) in [6.45, 7) is 3.89. The lowest BCUT2D eigenvalue weighted by atomic mass is 10.1. The molecule has 4 aromatic rings. The predicted molar refractivity (Wildman–Crippen MR) is 110 cm³/mol. The van der Waals surface area contributed by atoms with E-state index < -0.39 is 17.6 Å². The first-order valence-electron chi connectivity index (χ1n) is 9.00. The van der Waals surface area contributed by atoms with E-state index in [1.807, 2.05) is 26.0 Å². The fraction of sp³-hybridized carbons (Fsp3) is 0.0952. The Balaban J connectivity index is 2.00. The van der Waals surface area contributed by atoms with Crippen molar-refractivity contribution in [2.45, 2.75) is 13.8 Å². The summed E-state index contributed by atoms with van der Waals surface area (Å²) in [4.78, 5) is 47.1. The van der Waals surface area contributed by atoms with Gasteiger partial charge in [0.05, 0.1) is 11.3 Å². The number of carboxylic acids is 1. The smallest absolute Gasteiger partial charge is 0.335 e. The molecule has 1 amide bonds. The van der Waals surface area contributed by atoms with Gasteiger partial charge in [0.25, 0.3) is 5.91 Å². The number of aromatic carboxylic acids is 1. The average molecular weight is 403 g/mol. The third-order valence-corrected chi connectivity index (χ3v) is 4.91. The van der Waals surface area contributed by atoms with Gasteiger partial charge >= 0.3 is 11.7 Å². The van der Waals surface area contributed by atoms with Crippen LogP contribution in [0.15, 0.2) is 47.3 Å². The molecule has 0 fully saturated rings. The van der Waals surface area contributed by atoms with Gasteiger partial charge in [0.15, 0.2) is 17.2 Å². The van der Waals surface area contributed by atoms with Crippen molar-refractivity contribution in [3.05, 3.63) is 75.3 Å². The molecule has 2 aromatic heterocycles. The number of imidazole rings is 1. The van der Waals surface area contributed by atoms with Gasteiger partial charge in [-0.2, -0.15) is 0 Å². The fourth-order valence-corrected chi connectivity index (χ4v) is 3.16. The molecule has 0 saturated heterocycles. The minimum absolute atomic E-state index is 0.101. The van der Waals surface area contributed by atoms with Gasteiger partial charge < -0.3 is 15.8 Å². The molecule has 0 saturated carbocycles. The molecule has 9 nitrogen and oxygen atoms in total. The molecule has 150 valence electrons. The minimum atomic E-state index is -1.06. The summed E-state index contributed by atoms with van der Waals surface area (Å²) in [5.41, 5.74) is 8.43. The first-order valence-corrected chi connectivity index (χ1v) is 9.00. The normalized spacial score (nSPS) is 11.0. The number of fused-ring (bicyclic) bond motifs is 1. The van der Waals surface area contributed by atoms with Crippen molar-refractivity contribution in [3.8, 4) is 17.1 Å². The Bertz CT molecular complexity index is 1380. The van der Waals surface area contributed by atoms with Gasteiger partial charge in [-0.25, -0.2) is 24.1 Å². The van der Waals surface area contributed by atoms with Crippen molar-refractivity contribution in [3.63, 3.8) is 0 Å². The highest BCUT2D eigenvalue weighted by atomic mass is 16.4. The summed E-state index contributed by atoms with van der Waals surface area (Å²) >= 11 is 0. The second kappa shape index (κ2) is 6.96. The monoisotopic (exact) mass is 403 g/mol. The van der Waals surface area contributed by atoms with Crippen LogP contribution in [-0.4, -0.2) is 36.5 Å². The lowest BCUT2D eigenvalue weighted by molar-refractivity contribution is 0.0696. The second-order valence-corrected chi connectivity index (χ2v) is 6.88. The van der Waals surface area contributed by atoms with E-state index in [2.05, 4.69) is 15.0 Å². The number of primary amides is 1. The number of H-pyrrole nitrogens is 1. The summed E-state index contributed by atoms with van der Waals surface area (Å²) in [6.07, 6.45) is 0. The molecule has 9 heteroatoms. The maximum atomic E-state index is 12.7. The van der Waals surface area contributed by atoms with Gasteiger partial charge in [-0.05, 0) is 49.2 Å². The first-order chi connectivity index (χ1) is 14.3. The Labute approximate surface area is 169 Å². The molecule has 0 unspecified atom stereocenters.